The molecule has 3 heteroatoms. The van der Waals surface area contributed by atoms with E-state index in [2.05, 4.69) is 0 Å². The van der Waals surface area contributed by atoms with Crippen molar-refractivity contribution in [2.75, 3.05) is 19.0 Å². The van der Waals surface area contributed by atoms with E-state index in [4.69, 9.17) is 0 Å². The van der Waals surface area contributed by atoms with Gasteiger partial charge in [0.2, 0.25) is 0 Å². The molecule has 0 aliphatic rings. The Morgan fingerprint density at radius 3 is 2.25 bits per heavy atom. The van der Waals surface area contributed by atoms with Crippen molar-refractivity contribution in [1.82, 2.24) is 4.57 Å². The van der Waals surface area contributed by atoms with E-state index in [1.54, 1.807) is 6.92 Å². The van der Waals surface area contributed by atoms with Crippen LogP contribution in [0.4, 0.5) is 5.82 Å². The molecule has 0 saturated carbocycles. The number of nitrogens with zero attached hydrogens (tertiary/aromatic N) is 2. The first-order valence-corrected chi connectivity index (χ1v) is 3.88. The fourth-order valence-corrected chi connectivity index (χ4v) is 1.30. The molecule has 1 aromatic rings. The van der Waals surface area contributed by atoms with Gasteiger partial charge in [0.25, 0.3) is 0 Å². The highest BCUT2D eigenvalue weighted by atomic mass is 16.1. The Hall–Kier alpha value is -1.25. The first-order valence-electron chi connectivity index (χ1n) is 3.88. The van der Waals surface area contributed by atoms with Crippen molar-refractivity contribution >= 4 is 11.6 Å². The van der Waals surface area contributed by atoms with Gasteiger partial charge in [0, 0.05) is 28.1 Å². The summed E-state index contributed by atoms with van der Waals surface area (Å²) in [6, 6.07) is 3.79. The van der Waals surface area contributed by atoms with Crippen molar-refractivity contribution in [3.05, 3.63) is 17.8 Å². The molecule has 0 aromatic carbocycles. The molecule has 0 fully saturated rings. The maximum Gasteiger partial charge on any atom is 0.176 e. The third-order valence-electron chi connectivity index (χ3n) is 1.91. The van der Waals surface area contributed by atoms with Crippen LogP contribution in [-0.4, -0.2) is 24.4 Å². The van der Waals surface area contributed by atoms with Gasteiger partial charge in [-0.3, -0.25) is 4.79 Å². The molecule has 0 aliphatic heterocycles. The molecule has 0 atom stereocenters. The van der Waals surface area contributed by atoms with Crippen molar-refractivity contribution < 1.29 is 4.79 Å². The number of ketones is 1. The average molecular weight is 166 g/mol. The van der Waals surface area contributed by atoms with Crippen LogP contribution in [0.3, 0.4) is 0 Å². The Morgan fingerprint density at radius 2 is 2.00 bits per heavy atom. The summed E-state index contributed by atoms with van der Waals surface area (Å²) >= 11 is 0. The largest absolute Gasteiger partial charge is 0.364 e. The third-order valence-corrected chi connectivity index (χ3v) is 1.91. The lowest BCUT2D eigenvalue weighted by molar-refractivity contribution is 0.101. The summed E-state index contributed by atoms with van der Waals surface area (Å²) in [4.78, 5) is 13.0. The second kappa shape index (κ2) is 3.01. The van der Waals surface area contributed by atoms with Crippen LogP contribution in [0, 0.1) is 0 Å². The number of anilines is 1. The van der Waals surface area contributed by atoms with Crippen molar-refractivity contribution in [3.63, 3.8) is 0 Å². The van der Waals surface area contributed by atoms with E-state index < -0.39 is 0 Å². The van der Waals surface area contributed by atoms with Crippen LogP contribution in [0.2, 0.25) is 0 Å². The molecule has 1 aromatic heterocycles. The number of carbonyl (C=O) groups is 1. The molecule has 0 spiro atoms. The Kier molecular flexibility index (Phi) is 2.22. The van der Waals surface area contributed by atoms with Gasteiger partial charge in [-0.2, -0.15) is 0 Å². The zero-order valence-corrected chi connectivity index (χ0v) is 7.96. The van der Waals surface area contributed by atoms with E-state index in [0.717, 1.165) is 11.5 Å². The van der Waals surface area contributed by atoms with Gasteiger partial charge in [-0.25, -0.2) is 0 Å². The highest BCUT2D eigenvalue weighted by molar-refractivity contribution is 5.93. The van der Waals surface area contributed by atoms with Crippen LogP contribution in [0.25, 0.3) is 0 Å². The molecular formula is C9H14N2O. The van der Waals surface area contributed by atoms with Gasteiger partial charge in [-0.05, 0) is 12.1 Å². The molecule has 0 unspecified atom stereocenters. The molecule has 66 valence electrons. The minimum absolute atomic E-state index is 0.102. The predicted molar refractivity (Wildman–Crippen MR) is 49.7 cm³/mol. The molecule has 3 nitrogen and oxygen atoms in total. The second-order valence-electron chi connectivity index (χ2n) is 3.09. The molecule has 12 heavy (non-hydrogen) atoms. The van der Waals surface area contributed by atoms with E-state index >= 15 is 0 Å². The Bertz CT molecular complexity index is 299. The lowest BCUT2D eigenvalue weighted by Gasteiger charge is -2.13. The maximum atomic E-state index is 11.1. The van der Waals surface area contributed by atoms with Crippen LogP contribution in [0.5, 0.6) is 0 Å². The van der Waals surface area contributed by atoms with E-state index in [1.807, 2.05) is 42.7 Å². The zero-order valence-electron chi connectivity index (χ0n) is 7.96. The number of hydrogen-bond donors (Lipinski definition) is 0. The highest BCUT2D eigenvalue weighted by Crippen LogP contribution is 2.15. The van der Waals surface area contributed by atoms with Gasteiger partial charge in [0.15, 0.2) is 5.78 Å². The van der Waals surface area contributed by atoms with Crippen LogP contribution < -0.4 is 4.90 Å². The Labute approximate surface area is 72.6 Å². The van der Waals surface area contributed by atoms with Gasteiger partial charge in [-0.15, -0.1) is 0 Å². The highest BCUT2D eigenvalue weighted by Gasteiger charge is 2.08. The van der Waals surface area contributed by atoms with Gasteiger partial charge in [0.1, 0.15) is 5.82 Å². The van der Waals surface area contributed by atoms with Gasteiger partial charge < -0.3 is 9.47 Å². The molecule has 1 rings (SSSR count). The summed E-state index contributed by atoms with van der Waals surface area (Å²) in [7, 11) is 5.81. The van der Waals surface area contributed by atoms with Crippen LogP contribution in [-0.2, 0) is 7.05 Å². The fourth-order valence-electron chi connectivity index (χ4n) is 1.30. The topological polar surface area (TPSA) is 25.2 Å². The number of Topliss-reactive ketones (excluding diaryl/α,β-unsaturated/α-hetero) is 1. The Balaban J connectivity index is 3.13. The van der Waals surface area contributed by atoms with Crippen molar-refractivity contribution in [3.8, 4) is 0 Å². The monoisotopic (exact) mass is 166 g/mol. The quantitative estimate of drug-likeness (QED) is 0.619. The zero-order chi connectivity index (χ0) is 9.30. The smallest absolute Gasteiger partial charge is 0.176 e. The summed E-state index contributed by atoms with van der Waals surface area (Å²) < 4.78 is 1.89. The minimum atomic E-state index is 0.102. The number of rotatable bonds is 2. The molecule has 0 amide bonds. The number of aromatic nitrogens is 1. The summed E-state index contributed by atoms with van der Waals surface area (Å²) in [5.41, 5.74) is 0.749. The minimum Gasteiger partial charge on any atom is -0.364 e. The van der Waals surface area contributed by atoms with E-state index in [0.29, 0.717) is 0 Å². The average Bonchev–Trinajstić information content (AvgIpc) is 2.30. The first kappa shape index (κ1) is 8.84. The second-order valence-corrected chi connectivity index (χ2v) is 3.09. The van der Waals surface area contributed by atoms with Gasteiger partial charge in [-0.1, -0.05) is 0 Å². The molecule has 0 aliphatic carbocycles. The molecular weight excluding hydrogens is 152 g/mol. The van der Waals surface area contributed by atoms with E-state index in [9.17, 15) is 4.79 Å². The van der Waals surface area contributed by atoms with E-state index in [1.165, 1.54) is 0 Å². The van der Waals surface area contributed by atoms with Crippen LogP contribution >= 0.6 is 0 Å². The molecule has 1 heterocycles. The number of hydrogen-bond acceptors (Lipinski definition) is 2. The van der Waals surface area contributed by atoms with Gasteiger partial charge >= 0.3 is 0 Å². The lowest BCUT2D eigenvalue weighted by atomic mass is 10.3. The van der Waals surface area contributed by atoms with Crippen molar-refractivity contribution in [2.45, 2.75) is 6.92 Å². The SMILES string of the molecule is CC(=O)c1ccc(N(C)C)n1C. The molecule has 0 N–H and O–H groups in total. The first-order chi connectivity index (χ1) is 5.54. The van der Waals surface area contributed by atoms with Crippen LogP contribution in [0.15, 0.2) is 12.1 Å². The molecule has 0 radical (unpaired) electrons. The van der Waals surface area contributed by atoms with Crippen molar-refractivity contribution in [2.24, 2.45) is 7.05 Å². The number of carbonyl (C=O) groups excluding carboxylic acids is 1. The standard InChI is InChI=1S/C9H14N2O/c1-7(12)8-5-6-9(10(2)3)11(8)4/h5-6H,1-4H3. The van der Waals surface area contributed by atoms with E-state index in [-0.39, 0.29) is 5.78 Å². The summed E-state index contributed by atoms with van der Waals surface area (Å²) in [5.74, 6) is 1.14. The molecule has 0 bridgehead atoms. The van der Waals surface area contributed by atoms with Crippen molar-refractivity contribution in [1.29, 1.82) is 0 Å². The predicted octanol–water partition coefficient (Wildman–Crippen LogP) is 1.29. The Morgan fingerprint density at radius 1 is 1.42 bits per heavy atom. The van der Waals surface area contributed by atoms with Crippen LogP contribution in [0.1, 0.15) is 17.4 Å². The maximum absolute atomic E-state index is 11.1. The van der Waals surface area contributed by atoms with Gasteiger partial charge in [0.05, 0.1) is 5.69 Å². The third kappa shape index (κ3) is 1.35. The summed E-state index contributed by atoms with van der Waals surface area (Å²) in [6.45, 7) is 1.58. The summed E-state index contributed by atoms with van der Waals surface area (Å²) in [6.07, 6.45) is 0. The lowest BCUT2D eigenvalue weighted by Crippen LogP contribution is -2.14. The fraction of sp³-hybridized carbons (Fsp3) is 0.444. The normalized spacial score (nSPS) is 10.0. The summed E-state index contributed by atoms with van der Waals surface area (Å²) in [5, 5.41) is 0. The molecule has 0 saturated heterocycles.